The van der Waals surface area contributed by atoms with Crippen molar-refractivity contribution in [2.75, 3.05) is 10.5 Å². The van der Waals surface area contributed by atoms with Gasteiger partial charge in [-0.15, -0.1) is 0 Å². The summed E-state index contributed by atoms with van der Waals surface area (Å²) in [7, 11) is -3.82. The maximum Gasteiger partial charge on any atom is 0.262 e. The first-order valence-electron chi connectivity index (χ1n) is 5.92. The van der Waals surface area contributed by atoms with Gasteiger partial charge in [-0.25, -0.2) is 8.42 Å². The maximum absolute atomic E-state index is 12.4. The number of nitrogens with two attached hydrogens (primary N) is 1. The Bertz CT molecular complexity index is 784. The molecular formula is C13H13Cl2N3O2S. The molecule has 3 N–H and O–H groups in total. The number of aromatic nitrogens is 1. The molecule has 5 nitrogen and oxygen atoms in total. The number of nitrogens with one attached hydrogen (secondary N) is 1. The van der Waals surface area contributed by atoms with Gasteiger partial charge in [0.2, 0.25) is 0 Å². The highest BCUT2D eigenvalue weighted by Crippen LogP contribution is 2.31. The van der Waals surface area contributed by atoms with E-state index < -0.39 is 10.0 Å². The average Bonchev–Trinajstić information content (AvgIpc) is 2.38. The van der Waals surface area contributed by atoms with Gasteiger partial charge in [0.1, 0.15) is 0 Å². The van der Waals surface area contributed by atoms with Crippen LogP contribution < -0.4 is 10.5 Å². The normalized spacial score (nSPS) is 11.4. The van der Waals surface area contributed by atoms with Crippen LogP contribution in [0.1, 0.15) is 11.4 Å². The highest BCUT2D eigenvalue weighted by Gasteiger charge is 2.18. The number of halogens is 2. The predicted octanol–water partition coefficient (Wildman–Crippen LogP) is 3.39. The van der Waals surface area contributed by atoms with Crippen LogP contribution in [0.25, 0.3) is 0 Å². The fourth-order valence-corrected chi connectivity index (χ4v) is 3.50. The molecule has 0 bridgehead atoms. The van der Waals surface area contributed by atoms with Gasteiger partial charge in [-0.1, -0.05) is 23.2 Å². The minimum atomic E-state index is -3.82. The third-order valence-electron chi connectivity index (χ3n) is 2.83. The van der Waals surface area contributed by atoms with Gasteiger partial charge in [0, 0.05) is 5.69 Å². The summed E-state index contributed by atoms with van der Waals surface area (Å²) in [5.41, 5.74) is 7.51. The topological polar surface area (TPSA) is 85.1 Å². The second kappa shape index (κ2) is 5.71. The molecule has 1 aromatic carbocycles. The number of anilines is 2. The van der Waals surface area contributed by atoms with Crippen LogP contribution in [0.3, 0.4) is 0 Å². The lowest BCUT2D eigenvalue weighted by Crippen LogP contribution is -2.14. The molecule has 0 fully saturated rings. The second-order valence-corrected chi connectivity index (χ2v) is 6.99. The van der Waals surface area contributed by atoms with E-state index >= 15 is 0 Å². The lowest BCUT2D eigenvalue weighted by atomic mass is 10.3. The van der Waals surface area contributed by atoms with Gasteiger partial charge in [-0.2, -0.15) is 0 Å². The Hall–Kier alpha value is -1.50. The van der Waals surface area contributed by atoms with E-state index in [2.05, 4.69) is 9.71 Å². The van der Waals surface area contributed by atoms with Crippen LogP contribution in [0.2, 0.25) is 10.0 Å². The minimum absolute atomic E-state index is 0.0633. The van der Waals surface area contributed by atoms with E-state index in [0.717, 1.165) is 5.69 Å². The number of sulfonamides is 1. The summed E-state index contributed by atoms with van der Waals surface area (Å²) in [4.78, 5) is 4.14. The molecule has 2 rings (SSSR count). The van der Waals surface area contributed by atoms with Crippen LogP contribution in [0.5, 0.6) is 0 Å². The number of benzene rings is 1. The Morgan fingerprint density at radius 1 is 1.14 bits per heavy atom. The Balaban J connectivity index is 2.43. The molecule has 0 aliphatic rings. The third-order valence-corrected chi connectivity index (χ3v) is 4.80. The number of rotatable bonds is 3. The number of pyridine rings is 1. The summed E-state index contributed by atoms with van der Waals surface area (Å²) in [5.74, 6) is 0. The smallest absolute Gasteiger partial charge is 0.262 e. The summed E-state index contributed by atoms with van der Waals surface area (Å²) in [5, 5.41) is 0.170. The van der Waals surface area contributed by atoms with Crippen LogP contribution in [0.15, 0.2) is 29.2 Å². The lowest BCUT2D eigenvalue weighted by Gasteiger charge is -2.12. The van der Waals surface area contributed by atoms with Crippen molar-refractivity contribution >= 4 is 44.6 Å². The predicted molar refractivity (Wildman–Crippen MR) is 85.4 cm³/mol. The van der Waals surface area contributed by atoms with Crippen molar-refractivity contribution in [3.05, 3.63) is 45.7 Å². The molecule has 1 aromatic heterocycles. The molecular weight excluding hydrogens is 333 g/mol. The zero-order valence-corrected chi connectivity index (χ0v) is 13.6. The van der Waals surface area contributed by atoms with E-state index in [1.54, 1.807) is 19.1 Å². The van der Waals surface area contributed by atoms with E-state index in [9.17, 15) is 8.42 Å². The monoisotopic (exact) mass is 345 g/mol. The quantitative estimate of drug-likeness (QED) is 0.835. The summed E-state index contributed by atoms with van der Waals surface area (Å²) in [6.07, 6.45) is 0. The SMILES string of the molecule is Cc1ccc(NS(=O)(=O)c2cc(Cl)c(N)c(Cl)c2)c(C)n1. The number of aryl methyl sites for hydroxylation is 2. The molecule has 1 heterocycles. The van der Waals surface area contributed by atoms with Gasteiger partial charge < -0.3 is 5.73 Å². The maximum atomic E-state index is 12.4. The molecule has 0 saturated carbocycles. The van der Waals surface area contributed by atoms with Crippen LogP contribution >= 0.6 is 23.2 Å². The van der Waals surface area contributed by atoms with E-state index in [1.165, 1.54) is 12.1 Å². The van der Waals surface area contributed by atoms with Gasteiger partial charge in [0.05, 0.1) is 32.0 Å². The van der Waals surface area contributed by atoms with Gasteiger partial charge in [-0.3, -0.25) is 9.71 Å². The Morgan fingerprint density at radius 3 is 2.24 bits per heavy atom. The molecule has 0 aliphatic carbocycles. The second-order valence-electron chi connectivity index (χ2n) is 4.49. The molecule has 0 unspecified atom stereocenters. The molecule has 2 aromatic rings. The molecule has 21 heavy (non-hydrogen) atoms. The van der Waals surface area contributed by atoms with Crippen LogP contribution in [-0.2, 0) is 10.0 Å². The summed E-state index contributed by atoms with van der Waals surface area (Å²) in [6.45, 7) is 3.54. The zero-order valence-electron chi connectivity index (χ0n) is 11.3. The van der Waals surface area contributed by atoms with Crippen molar-refractivity contribution in [2.24, 2.45) is 0 Å². The van der Waals surface area contributed by atoms with Crippen molar-refractivity contribution in [2.45, 2.75) is 18.7 Å². The van der Waals surface area contributed by atoms with Gasteiger partial charge >= 0.3 is 0 Å². The highest BCUT2D eigenvalue weighted by molar-refractivity contribution is 7.92. The van der Waals surface area contributed by atoms with E-state index in [4.69, 9.17) is 28.9 Å². The molecule has 0 radical (unpaired) electrons. The molecule has 0 spiro atoms. The Morgan fingerprint density at radius 2 is 1.71 bits per heavy atom. The molecule has 112 valence electrons. The van der Waals surface area contributed by atoms with Gasteiger partial charge in [0.15, 0.2) is 0 Å². The zero-order chi connectivity index (χ0) is 15.8. The number of nitrogens with zero attached hydrogens (tertiary/aromatic N) is 1. The standard InChI is InChI=1S/C13H13Cl2N3O2S/c1-7-3-4-12(8(2)17-7)18-21(19,20)9-5-10(14)13(16)11(15)6-9/h3-6,18H,16H2,1-2H3. The van der Waals surface area contributed by atoms with Gasteiger partial charge in [0.25, 0.3) is 10.0 Å². The van der Waals surface area contributed by atoms with Crippen LogP contribution in [-0.4, -0.2) is 13.4 Å². The van der Waals surface area contributed by atoms with Crippen molar-refractivity contribution in [1.82, 2.24) is 4.98 Å². The van der Waals surface area contributed by atoms with E-state index in [0.29, 0.717) is 11.4 Å². The van der Waals surface area contributed by atoms with Crippen LogP contribution in [0, 0.1) is 13.8 Å². The fraction of sp³-hybridized carbons (Fsp3) is 0.154. The largest absolute Gasteiger partial charge is 0.396 e. The number of hydrogen-bond acceptors (Lipinski definition) is 4. The molecule has 0 atom stereocenters. The Labute approximate surface area is 133 Å². The lowest BCUT2D eigenvalue weighted by molar-refractivity contribution is 0.601. The van der Waals surface area contributed by atoms with Crippen molar-refractivity contribution in [1.29, 1.82) is 0 Å². The minimum Gasteiger partial charge on any atom is -0.396 e. The first kappa shape index (κ1) is 15.9. The van der Waals surface area contributed by atoms with E-state index in [1.807, 2.05) is 6.92 Å². The summed E-state index contributed by atoms with van der Waals surface area (Å²) in [6, 6.07) is 5.87. The molecule has 0 amide bonds. The summed E-state index contributed by atoms with van der Waals surface area (Å²) < 4.78 is 27.2. The van der Waals surface area contributed by atoms with Crippen molar-refractivity contribution < 1.29 is 8.42 Å². The van der Waals surface area contributed by atoms with Crippen molar-refractivity contribution in [3.63, 3.8) is 0 Å². The molecule has 8 heteroatoms. The van der Waals surface area contributed by atoms with Gasteiger partial charge in [-0.05, 0) is 38.1 Å². The third kappa shape index (κ3) is 3.40. The van der Waals surface area contributed by atoms with E-state index in [-0.39, 0.29) is 20.6 Å². The first-order valence-corrected chi connectivity index (χ1v) is 8.16. The Kier molecular flexibility index (Phi) is 4.32. The first-order chi connectivity index (χ1) is 9.70. The molecule has 0 saturated heterocycles. The number of nitrogen functional groups attached to an aromatic ring is 1. The fourth-order valence-electron chi connectivity index (χ4n) is 1.71. The highest BCUT2D eigenvalue weighted by atomic mass is 35.5. The van der Waals surface area contributed by atoms with Crippen molar-refractivity contribution in [3.8, 4) is 0 Å². The average molecular weight is 346 g/mol. The molecule has 0 aliphatic heterocycles. The van der Waals surface area contributed by atoms with Crippen LogP contribution in [0.4, 0.5) is 11.4 Å². The number of hydrogen-bond donors (Lipinski definition) is 2. The summed E-state index contributed by atoms with van der Waals surface area (Å²) >= 11 is 11.7.